The second-order valence-corrected chi connectivity index (χ2v) is 4.83. The van der Waals surface area contributed by atoms with Gasteiger partial charge < -0.3 is 5.32 Å². The molecule has 1 saturated carbocycles. The van der Waals surface area contributed by atoms with Gasteiger partial charge in [0, 0.05) is 24.8 Å². The van der Waals surface area contributed by atoms with Gasteiger partial charge in [-0.3, -0.25) is 4.68 Å². The minimum absolute atomic E-state index is 0.545. The average molecular weight is 221 g/mol. The third kappa shape index (κ3) is 2.46. The van der Waals surface area contributed by atoms with E-state index in [9.17, 15) is 0 Å². The summed E-state index contributed by atoms with van der Waals surface area (Å²) in [5.41, 5.74) is 2.70. The van der Waals surface area contributed by atoms with Gasteiger partial charge in [0.25, 0.3) is 0 Å². The highest BCUT2D eigenvalue weighted by atomic mass is 15.3. The van der Waals surface area contributed by atoms with E-state index in [-0.39, 0.29) is 0 Å². The molecule has 1 N–H and O–H groups in total. The molecule has 1 aromatic rings. The standard InChI is InChI=1S/C13H23N3/c1-4-8-14-13(10-6-7-10)11-9-16(3)15-12(11)5-2/h9-10,13-14H,4-8H2,1-3H3. The molecule has 1 aliphatic rings. The van der Waals surface area contributed by atoms with Gasteiger partial charge in [0.1, 0.15) is 0 Å². The fraction of sp³-hybridized carbons (Fsp3) is 0.769. The molecule has 0 spiro atoms. The Morgan fingerprint density at radius 1 is 1.50 bits per heavy atom. The molecule has 1 aliphatic carbocycles. The summed E-state index contributed by atoms with van der Waals surface area (Å²) < 4.78 is 1.96. The molecular weight excluding hydrogens is 198 g/mol. The van der Waals surface area contributed by atoms with Crippen LogP contribution in [-0.4, -0.2) is 16.3 Å². The third-order valence-corrected chi connectivity index (χ3v) is 3.32. The summed E-state index contributed by atoms with van der Waals surface area (Å²) in [6.45, 7) is 5.52. The molecule has 1 atom stereocenters. The number of rotatable bonds is 6. The van der Waals surface area contributed by atoms with Crippen LogP contribution in [0.1, 0.15) is 50.4 Å². The van der Waals surface area contributed by atoms with E-state index >= 15 is 0 Å². The monoisotopic (exact) mass is 221 g/mol. The van der Waals surface area contributed by atoms with Crippen molar-refractivity contribution in [2.45, 2.75) is 45.6 Å². The molecule has 1 aromatic heterocycles. The van der Waals surface area contributed by atoms with Crippen molar-refractivity contribution < 1.29 is 0 Å². The Hall–Kier alpha value is -0.830. The maximum absolute atomic E-state index is 4.54. The summed E-state index contributed by atoms with van der Waals surface area (Å²) in [5, 5.41) is 8.23. The van der Waals surface area contributed by atoms with E-state index in [1.807, 2.05) is 11.7 Å². The number of nitrogens with zero attached hydrogens (tertiary/aromatic N) is 2. The van der Waals surface area contributed by atoms with Gasteiger partial charge in [0.05, 0.1) is 5.69 Å². The molecule has 90 valence electrons. The van der Waals surface area contributed by atoms with Gasteiger partial charge in [-0.15, -0.1) is 0 Å². The highest BCUT2D eigenvalue weighted by Gasteiger charge is 2.33. The van der Waals surface area contributed by atoms with Crippen LogP contribution in [0.3, 0.4) is 0 Å². The molecule has 0 aliphatic heterocycles. The SMILES string of the molecule is CCCNC(c1cn(C)nc1CC)C1CC1. The first-order valence-electron chi connectivity index (χ1n) is 6.52. The molecule has 1 heterocycles. The Labute approximate surface area is 98.2 Å². The van der Waals surface area contributed by atoms with Crippen molar-refractivity contribution in [2.75, 3.05) is 6.54 Å². The van der Waals surface area contributed by atoms with Crippen LogP contribution in [0, 0.1) is 5.92 Å². The van der Waals surface area contributed by atoms with Crippen molar-refractivity contribution in [3.63, 3.8) is 0 Å². The van der Waals surface area contributed by atoms with Crippen molar-refractivity contribution >= 4 is 0 Å². The molecule has 0 saturated heterocycles. The number of aromatic nitrogens is 2. The van der Waals surface area contributed by atoms with Gasteiger partial charge >= 0.3 is 0 Å². The second kappa shape index (κ2) is 5.00. The predicted octanol–water partition coefficient (Wildman–Crippen LogP) is 2.43. The zero-order chi connectivity index (χ0) is 11.5. The zero-order valence-corrected chi connectivity index (χ0v) is 10.7. The lowest BCUT2D eigenvalue weighted by Crippen LogP contribution is -2.24. The Morgan fingerprint density at radius 3 is 2.81 bits per heavy atom. The van der Waals surface area contributed by atoms with Gasteiger partial charge in [0.15, 0.2) is 0 Å². The first kappa shape index (κ1) is 11.6. The molecule has 0 bridgehead atoms. The van der Waals surface area contributed by atoms with E-state index in [2.05, 4.69) is 30.5 Å². The third-order valence-electron chi connectivity index (χ3n) is 3.32. The van der Waals surface area contributed by atoms with Crippen LogP contribution in [0.25, 0.3) is 0 Å². The smallest absolute Gasteiger partial charge is 0.0669 e. The van der Waals surface area contributed by atoms with E-state index in [0.29, 0.717) is 6.04 Å². The van der Waals surface area contributed by atoms with Gasteiger partial charge in [0.2, 0.25) is 0 Å². The summed E-state index contributed by atoms with van der Waals surface area (Å²) in [6, 6.07) is 0.545. The Kier molecular flexibility index (Phi) is 3.64. The van der Waals surface area contributed by atoms with Crippen LogP contribution in [0.15, 0.2) is 6.20 Å². The summed E-state index contributed by atoms with van der Waals surface area (Å²) in [7, 11) is 2.02. The fourth-order valence-electron chi connectivity index (χ4n) is 2.35. The lowest BCUT2D eigenvalue weighted by molar-refractivity contribution is 0.478. The van der Waals surface area contributed by atoms with E-state index in [4.69, 9.17) is 0 Å². The highest BCUT2D eigenvalue weighted by Crippen LogP contribution is 2.41. The molecule has 0 radical (unpaired) electrons. The maximum Gasteiger partial charge on any atom is 0.0669 e. The van der Waals surface area contributed by atoms with Gasteiger partial charge in [-0.25, -0.2) is 0 Å². The van der Waals surface area contributed by atoms with E-state index < -0.39 is 0 Å². The minimum atomic E-state index is 0.545. The van der Waals surface area contributed by atoms with Crippen LogP contribution >= 0.6 is 0 Å². The van der Waals surface area contributed by atoms with Gasteiger partial charge in [-0.05, 0) is 38.1 Å². The van der Waals surface area contributed by atoms with Crippen molar-refractivity contribution in [2.24, 2.45) is 13.0 Å². The Bertz CT molecular complexity index is 339. The second-order valence-electron chi connectivity index (χ2n) is 4.83. The van der Waals surface area contributed by atoms with Crippen molar-refractivity contribution in [3.8, 4) is 0 Å². The first-order chi connectivity index (χ1) is 7.76. The molecule has 1 fully saturated rings. The van der Waals surface area contributed by atoms with Crippen molar-refractivity contribution in [1.82, 2.24) is 15.1 Å². The number of hydrogen-bond donors (Lipinski definition) is 1. The molecular formula is C13H23N3. The molecule has 3 nitrogen and oxygen atoms in total. The molecule has 2 rings (SSSR count). The van der Waals surface area contributed by atoms with Crippen LogP contribution in [-0.2, 0) is 13.5 Å². The van der Waals surface area contributed by atoms with Gasteiger partial charge in [-0.2, -0.15) is 5.10 Å². The molecule has 0 amide bonds. The molecule has 16 heavy (non-hydrogen) atoms. The van der Waals surface area contributed by atoms with Crippen LogP contribution < -0.4 is 5.32 Å². The minimum Gasteiger partial charge on any atom is -0.310 e. The lowest BCUT2D eigenvalue weighted by atomic mass is 10.0. The number of aryl methyl sites for hydroxylation is 2. The van der Waals surface area contributed by atoms with Crippen LogP contribution in [0.5, 0.6) is 0 Å². The fourth-order valence-corrected chi connectivity index (χ4v) is 2.35. The van der Waals surface area contributed by atoms with Crippen molar-refractivity contribution in [1.29, 1.82) is 0 Å². The normalized spacial score (nSPS) is 17.7. The predicted molar refractivity (Wildman–Crippen MR) is 66.3 cm³/mol. The first-order valence-corrected chi connectivity index (χ1v) is 6.52. The summed E-state index contributed by atoms with van der Waals surface area (Å²) >= 11 is 0. The topological polar surface area (TPSA) is 29.9 Å². The average Bonchev–Trinajstić information content (AvgIpc) is 3.03. The highest BCUT2D eigenvalue weighted by molar-refractivity contribution is 5.23. The van der Waals surface area contributed by atoms with Crippen LogP contribution in [0.2, 0.25) is 0 Å². The summed E-state index contributed by atoms with van der Waals surface area (Å²) in [4.78, 5) is 0. The van der Waals surface area contributed by atoms with E-state index in [1.54, 1.807) is 0 Å². The molecule has 0 aromatic carbocycles. The Morgan fingerprint density at radius 2 is 2.25 bits per heavy atom. The lowest BCUT2D eigenvalue weighted by Gasteiger charge is -2.17. The number of nitrogens with one attached hydrogen (secondary N) is 1. The molecule has 1 unspecified atom stereocenters. The summed E-state index contributed by atoms with van der Waals surface area (Å²) in [5.74, 6) is 0.848. The van der Waals surface area contributed by atoms with E-state index in [0.717, 1.165) is 18.9 Å². The van der Waals surface area contributed by atoms with Gasteiger partial charge in [-0.1, -0.05) is 13.8 Å². The zero-order valence-electron chi connectivity index (χ0n) is 10.7. The van der Waals surface area contributed by atoms with Crippen LogP contribution in [0.4, 0.5) is 0 Å². The quantitative estimate of drug-likeness (QED) is 0.799. The largest absolute Gasteiger partial charge is 0.310 e. The Balaban J connectivity index is 2.16. The number of hydrogen-bond acceptors (Lipinski definition) is 2. The van der Waals surface area contributed by atoms with Crippen molar-refractivity contribution in [3.05, 3.63) is 17.5 Å². The maximum atomic E-state index is 4.54. The molecule has 3 heteroatoms. The summed E-state index contributed by atoms with van der Waals surface area (Å²) in [6.07, 6.45) is 7.18. The van der Waals surface area contributed by atoms with E-state index in [1.165, 1.54) is 30.5 Å².